The first-order valence-corrected chi connectivity index (χ1v) is 14.8. The van der Waals surface area contributed by atoms with Crippen LogP contribution >= 0.6 is 0 Å². The van der Waals surface area contributed by atoms with Crippen LogP contribution in [0.5, 0.6) is 5.75 Å². The third-order valence-electron chi connectivity index (χ3n) is 7.57. The molecule has 0 radical (unpaired) electrons. The number of aryl methyl sites for hydroxylation is 1. The van der Waals surface area contributed by atoms with Gasteiger partial charge in [-0.25, -0.2) is 4.79 Å². The maximum atomic E-state index is 14.4. The predicted molar refractivity (Wildman–Crippen MR) is 161 cm³/mol. The minimum Gasteiger partial charge on any atom is -0.508 e. The van der Waals surface area contributed by atoms with Crippen molar-refractivity contribution in [1.82, 2.24) is 15.5 Å². The number of rotatable bonds is 10. The van der Waals surface area contributed by atoms with Gasteiger partial charge in [0.1, 0.15) is 23.4 Å². The summed E-state index contributed by atoms with van der Waals surface area (Å²) in [5, 5.41) is 15.8. The van der Waals surface area contributed by atoms with E-state index in [2.05, 4.69) is 10.6 Å². The number of aromatic hydroxyl groups is 1. The molecule has 1 fully saturated rings. The first-order valence-electron chi connectivity index (χ1n) is 14.8. The second-order valence-electron chi connectivity index (χ2n) is 12.1. The summed E-state index contributed by atoms with van der Waals surface area (Å²) in [4.78, 5) is 43.0. The van der Waals surface area contributed by atoms with E-state index in [0.29, 0.717) is 13.0 Å². The van der Waals surface area contributed by atoms with Crippen molar-refractivity contribution in [3.05, 3.63) is 64.7 Å². The molecule has 224 valence electrons. The Hall–Kier alpha value is -3.55. The summed E-state index contributed by atoms with van der Waals surface area (Å²) in [5.74, 6) is -0.456. The largest absolute Gasteiger partial charge is 0.508 e. The zero-order valence-corrected chi connectivity index (χ0v) is 25.5. The lowest BCUT2D eigenvalue weighted by Gasteiger charge is -2.36. The molecule has 2 unspecified atom stereocenters. The Labute approximate surface area is 244 Å². The summed E-state index contributed by atoms with van der Waals surface area (Å²) < 4.78 is 5.50. The number of ether oxygens (including phenoxy) is 1. The number of phenolic OH excluding ortho intramolecular Hbond substituents is 1. The third kappa shape index (κ3) is 9.23. The summed E-state index contributed by atoms with van der Waals surface area (Å²) in [6.45, 7) is 11.6. The molecule has 0 spiro atoms. The van der Waals surface area contributed by atoms with Crippen molar-refractivity contribution in [3.63, 3.8) is 0 Å². The zero-order chi connectivity index (χ0) is 30.2. The first kappa shape index (κ1) is 32.0. The number of hydrogen-bond donors (Lipinski definition) is 3. The van der Waals surface area contributed by atoms with Gasteiger partial charge in [-0.05, 0) is 88.3 Å². The highest BCUT2D eigenvalue weighted by Crippen LogP contribution is 2.29. The lowest BCUT2D eigenvalue weighted by Crippen LogP contribution is -2.54. The fourth-order valence-corrected chi connectivity index (χ4v) is 5.37. The number of nitrogens with zero attached hydrogens (tertiary/aromatic N) is 1. The van der Waals surface area contributed by atoms with Crippen molar-refractivity contribution in [3.8, 4) is 5.75 Å². The fourth-order valence-electron chi connectivity index (χ4n) is 5.37. The Kier molecular flexibility index (Phi) is 11.2. The molecular formula is C33H47N3O5. The number of carbonyl (C=O) groups is 3. The molecule has 2 aromatic rings. The normalized spacial score (nSPS) is 15.5. The van der Waals surface area contributed by atoms with Crippen molar-refractivity contribution in [2.75, 3.05) is 6.54 Å². The zero-order valence-electron chi connectivity index (χ0n) is 25.5. The van der Waals surface area contributed by atoms with Gasteiger partial charge in [0, 0.05) is 19.0 Å². The van der Waals surface area contributed by atoms with Crippen LogP contribution in [-0.4, -0.2) is 52.1 Å². The second kappa shape index (κ2) is 14.4. The van der Waals surface area contributed by atoms with E-state index >= 15 is 0 Å². The lowest BCUT2D eigenvalue weighted by atomic mass is 9.92. The molecule has 0 bridgehead atoms. The molecule has 2 atom stereocenters. The lowest BCUT2D eigenvalue weighted by molar-refractivity contribution is -0.143. The van der Waals surface area contributed by atoms with Crippen LogP contribution in [0, 0.1) is 13.8 Å². The number of carbonyl (C=O) groups excluding carboxylic acids is 3. The van der Waals surface area contributed by atoms with Crippen LogP contribution in [0.2, 0.25) is 0 Å². The molecular weight excluding hydrogens is 518 g/mol. The number of alkyl carbamates (subject to hydrolysis) is 1. The van der Waals surface area contributed by atoms with Crippen LogP contribution in [0.25, 0.3) is 0 Å². The quantitative estimate of drug-likeness (QED) is 0.334. The first-order chi connectivity index (χ1) is 19.4. The average Bonchev–Trinajstić information content (AvgIpc) is 2.90. The molecule has 8 nitrogen and oxygen atoms in total. The van der Waals surface area contributed by atoms with Crippen molar-refractivity contribution in [1.29, 1.82) is 0 Å². The highest BCUT2D eigenvalue weighted by Gasteiger charge is 2.37. The van der Waals surface area contributed by atoms with Crippen LogP contribution in [0.4, 0.5) is 4.79 Å². The molecule has 0 saturated heterocycles. The van der Waals surface area contributed by atoms with Crippen LogP contribution in [-0.2, 0) is 20.7 Å². The van der Waals surface area contributed by atoms with Gasteiger partial charge in [0.25, 0.3) is 0 Å². The van der Waals surface area contributed by atoms with Gasteiger partial charge < -0.3 is 25.4 Å². The topological polar surface area (TPSA) is 108 Å². The molecule has 0 heterocycles. The second-order valence-corrected chi connectivity index (χ2v) is 12.1. The Balaban J connectivity index is 2.03. The summed E-state index contributed by atoms with van der Waals surface area (Å²) >= 11 is 0. The molecule has 2 aromatic carbocycles. The summed E-state index contributed by atoms with van der Waals surface area (Å²) in [6, 6.07) is 10.6. The summed E-state index contributed by atoms with van der Waals surface area (Å²) in [6.07, 6.45) is 5.26. The molecule has 3 rings (SSSR count). The molecule has 3 amide bonds. The standard InChI is InChI=1S/C33H47N3O5/c1-7-20-36(29(27-15-11-12-22(2)23(27)3)30(38)34-25-13-9-8-10-14-25)31(39)28(35-32(40)41-33(4,5)6)21-24-16-18-26(37)19-17-24/h11-12,15-19,25,28-29,37H,7-10,13-14,20-21H2,1-6H3,(H,34,38)(H,35,40). The monoisotopic (exact) mass is 565 g/mol. The minimum atomic E-state index is -0.990. The van der Waals surface area contributed by atoms with E-state index < -0.39 is 23.8 Å². The van der Waals surface area contributed by atoms with Crippen molar-refractivity contribution >= 4 is 17.9 Å². The SMILES string of the molecule is CCCN(C(=O)C(Cc1ccc(O)cc1)NC(=O)OC(C)(C)C)C(C(=O)NC1CCCCC1)c1cccc(C)c1C. The van der Waals surface area contributed by atoms with Crippen LogP contribution in [0.1, 0.15) is 94.5 Å². The van der Waals surface area contributed by atoms with Gasteiger partial charge in [-0.3, -0.25) is 9.59 Å². The van der Waals surface area contributed by atoms with Gasteiger partial charge in [0.2, 0.25) is 11.8 Å². The minimum absolute atomic E-state index is 0.0788. The third-order valence-corrected chi connectivity index (χ3v) is 7.57. The average molecular weight is 566 g/mol. The molecule has 1 aliphatic rings. The number of amides is 3. The van der Waals surface area contributed by atoms with E-state index in [1.165, 1.54) is 6.42 Å². The van der Waals surface area contributed by atoms with Crippen LogP contribution in [0.15, 0.2) is 42.5 Å². The maximum Gasteiger partial charge on any atom is 0.408 e. The van der Waals surface area contributed by atoms with E-state index in [9.17, 15) is 19.5 Å². The van der Waals surface area contributed by atoms with Gasteiger partial charge in [0.15, 0.2) is 0 Å². The Morgan fingerprint density at radius 3 is 2.29 bits per heavy atom. The fraction of sp³-hybridized carbons (Fsp3) is 0.545. The van der Waals surface area contributed by atoms with E-state index in [-0.39, 0.29) is 30.0 Å². The Morgan fingerprint density at radius 2 is 1.68 bits per heavy atom. The predicted octanol–water partition coefficient (Wildman–Crippen LogP) is 5.87. The molecule has 41 heavy (non-hydrogen) atoms. The smallest absolute Gasteiger partial charge is 0.408 e. The summed E-state index contributed by atoms with van der Waals surface area (Å²) in [7, 11) is 0. The van der Waals surface area contributed by atoms with Crippen molar-refractivity contribution < 1.29 is 24.2 Å². The van der Waals surface area contributed by atoms with E-state index in [0.717, 1.165) is 47.9 Å². The van der Waals surface area contributed by atoms with E-state index in [4.69, 9.17) is 4.74 Å². The van der Waals surface area contributed by atoms with E-state index in [1.54, 1.807) is 49.9 Å². The van der Waals surface area contributed by atoms with Gasteiger partial charge in [0.05, 0.1) is 0 Å². The highest BCUT2D eigenvalue weighted by atomic mass is 16.6. The molecule has 0 aliphatic heterocycles. The molecule has 3 N–H and O–H groups in total. The Morgan fingerprint density at radius 1 is 1.02 bits per heavy atom. The number of benzene rings is 2. The van der Waals surface area contributed by atoms with E-state index in [1.807, 2.05) is 39.0 Å². The van der Waals surface area contributed by atoms with Crippen LogP contribution in [0.3, 0.4) is 0 Å². The van der Waals surface area contributed by atoms with Crippen molar-refractivity contribution in [2.24, 2.45) is 0 Å². The summed E-state index contributed by atoms with van der Waals surface area (Å²) in [5.41, 5.74) is 2.78. The van der Waals surface area contributed by atoms with Crippen molar-refractivity contribution in [2.45, 2.75) is 110 Å². The molecule has 0 aromatic heterocycles. The number of phenols is 1. The molecule has 1 aliphatic carbocycles. The maximum absolute atomic E-state index is 14.4. The Bertz CT molecular complexity index is 1180. The molecule has 8 heteroatoms. The van der Waals surface area contributed by atoms with Gasteiger partial charge in [-0.2, -0.15) is 0 Å². The highest BCUT2D eigenvalue weighted by molar-refractivity contribution is 5.92. The van der Waals surface area contributed by atoms with Gasteiger partial charge >= 0.3 is 6.09 Å². The van der Waals surface area contributed by atoms with Gasteiger partial charge in [-0.1, -0.05) is 56.5 Å². The number of hydrogen-bond acceptors (Lipinski definition) is 5. The van der Waals surface area contributed by atoms with Gasteiger partial charge in [-0.15, -0.1) is 0 Å². The molecule has 1 saturated carbocycles. The number of nitrogens with one attached hydrogen (secondary N) is 2. The van der Waals surface area contributed by atoms with Crippen LogP contribution < -0.4 is 10.6 Å².